The minimum Gasteiger partial charge on any atom is -0.490 e. The lowest BCUT2D eigenvalue weighted by atomic mass is 9.72. The molecule has 1 spiro atoms. The molecular weight excluding hydrogens is 381 g/mol. The summed E-state index contributed by atoms with van der Waals surface area (Å²) < 4.78 is 21.1. The highest BCUT2D eigenvalue weighted by Crippen LogP contribution is 2.49. The SMILES string of the molecule is O=C(O)CNCc1cccc(-c2ccc(OC3CCC4(CCCC4)CC3)cc2)c1F. The minimum absolute atomic E-state index is 0.177. The van der Waals surface area contributed by atoms with Crippen LogP contribution in [0.15, 0.2) is 42.5 Å². The Morgan fingerprint density at radius 2 is 1.77 bits per heavy atom. The maximum Gasteiger partial charge on any atom is 0.317 e. The molecule has 0 radical (unpaired) electrons. The number of hydrogen-bond acceptors (Lipinski definition) is 3. The van der Waals surface area contributed by atoms with E-state index in [2.05, 4.69) is 5.32 Å². The number of carboxylic acid groups (broad SMARTS) is 1. The van der Waals surface area contributed by atoms with Crippen LogP contribution in [0.4, 0.5) is 4.39 Å². The molecule has 0 bridgehead atoms. The second-order valence-corrected chi connectivity index (χ2v) is 8.82. The Bertz CT molecular complexity index is 864. The van der Waals surface area contributed by atoms with Crippen molar-refractivity contribution in [3.63, 3.8) is 0 Å². The third-order valence-electron chi connectivity index (χ3n) is 6.80. The molecule has 5 heteroatoms. The molecule has 0 aliphatic heterocycles. The average Bonchev–Trinajstić information content (AvgIpc) is 3.20. The molecule has 0 atom stereocenters. The van der Waals surface area contributed by atoms with E-state index in [0.29, 0.717) is 16.5 Å². The van der Waals surface area contributed by atoms with Gasteiger partial charge in [0.2, 0.25) is 0 Å². The topological polar surface area (TPSA) is 58.6 Å². The quantitative estimate of drug-likeness (QED) is 0.627. The number of ether oxygens (including phenoxy) is 1. The van der Waals surface area contributed by atoms with Gasteiger partial charge in [0, 0.05) is 17.7 Å². The van der Waals surface area contributed by atoms with Gasteiger partial charge < -0.3 is 15.2 Å². The normalized spacial score (nSPS) is 18.6. The van der Waals surface area contributed by atoms with Gasteiger partial charge in [0.25, 0.3) is 0 Å². The summed E-state index contributed by atoms with van der Waals surface area (Å²) in [7, 11) is 0. The molecule has 0 aromatic heterocycles. The molecule has 2 aromatic rings. The van der Waals surface area contributed by atoms with E-state index in [1.54, 1.807) is 18.2 Å². The molecular formula is C25H30FNO3. The van der Waals surface area contributed by atoms with Crippen molar-refractivity contribution >= 4 is 5.97 Å². The predicted octanol–water partition coefficient (Wildman–Crippen LogP) is 5.55. The van der Waals surface area contributed by atoms with Crippen LogP contribution in [0.3, 0.4) is 0 Å². The van der Waals surface area contributed by atoms with Crippen LogP contribution >= 0.6 is 0 Å². The second kappa shape index (κ2) is 9.17. The summed E-state index contributed by atoms with van der Waals surface area (Å²) >= 11 is 0. The van der Waals surface area contributed by atoms with E-state index < -0.39 is 5.97 Å². The van der Waals surface area contributed by atoms with E-state index in [1.807, 2.05) is 24.3 Å². The summed E-state index contributed by atoms with van der Waals surface area (Å²) in [4.78, 5) is 10.6. The first-order valence-electron chi connectivity index (χ1n) is 11.0. The molecule has 2 N–H and O–H groups in total. The Morgan fingerprint density at radius 1 is 1.07 bits per heavy atom. The Balaban J connectivity index is 1.37. The minimum atomic E-state index is -0.960. The Labute approximate surface area is 177 Å². The molecule has 2 aromatic carbocycles. The van der Waals surface area contributed by atoms with Gasteiger partial charge in [0.15, 0.2) is 0 Å². The summed E-state index contributed by atoms with van der Waals surface area (Å²) in [5, 5.41) is 11.5. The largest absolute Gasteiger partial charge is 0.490 e. The highest BCUT2D eigenvalue weighted by Gasteiger charge is 2.38. The summed E-state index contributed by atoms with van der Waals surface area (Å²) in [5.41, 5.74) is 2.36. The van der Waals surface area contributed by atoms with Crippen LogP contribution in [0.25, 0.3) is 11.1 Å². The van der Waals surface area contributed by atoms with Crippen molar-refractivity contribution in [2.45, 2.75) is 64.0 Å². The zero-order chi connectivity index (χ0) is 21.0. The van der Waals surface area contributed by atoms with Crippen LogP contribution in [0.2, 0.25) is 0 Å². The lowest BCUT2D eigenvalue weighted by Crippen LogP contribution is -2.30. The summed E-state index contributed by atoms with van der Waals surface area (Å²) in [6.07, 6.45) is 10.7. The highest BCUT2D eigenvalue weighted by atomic mass is 19.1. The Morgan fingerprint density at radius 3 is 2.43 bits per heavy atom. The van der Waals surface area contributed by atoms with Gasteiger partial charge in [-0.1, -0.05) is 43.2 Å². The maximum atomic E-state index is 14.9. The Hall–Kier alpha value is -2.40. The van der Waals surface area contributed by atoms with E-state index in [0.717, 1.165) is 24.2 Å². The average molecular weight is 412 g/mol. The van der Waals surface area contributed by atoms with E-state index >= 15 is 0 Å². The second-order valence-electron chi connectivity index (χ2n) is 8.82. The monoisotopic (exact) mass is 411 g/mol. The highest BCUT2D eigenvalue weighted by molar-refractivity contribution is 5.69. The number of aliphatic carboxylic acids is 1. The lowest BCUT2D eigenvalue weighted by Gasteiger charge is -2.37. The van der Waals surface area contributed by atoms with E-state index in [1.165, 1.54) is 38.5 Å². The van der Waals surface area contributed by atoms with Gasteiger partial charge in [0.1, 0.15) is 11.6 Å². The molecule has 2 aliphatic rings. The molecule has 2 fully saturated rings. The van der Waals surface area contributed by atoms with Crippen LogP contribution in [0, 0.1) is 11.2 Å². The molecule has 2 aliphatic carbocycles. The number of rotatable bonds is 7. The molecule has 0 amide bonds. The van der Waals surface area contributed by atoms with Gasteiger partial charge in [-0.3, -0.25) is 4.79 Å². The molecule has 30 heavy (non-hydrogen) atoms. The van der Waals surface area contributed by atoms with Gasteiger partial charge in [-0.05, 0) is 61.6 Å². The zero-order valence-electron chi connectivity index (χ0n) is 17.3. The van der Waals surface area contributed by atoms with Crippen molar-refractivity contribution in [2.75, 3.05) is 6.54 Å². The first kappa shape index (κ1) is 20.9. The maximum absolute atomic E-state index is 14.9. The fourth-order valence-corrected chi connectivity index (χ4v) is 5.10. The molecule has 0 unspecified atom stereocenters. The van der Waals surface area contributed by atoms with Crippen molar-refractivity contribution in [1.29, 1.82) is 0 Å². The van der Waals surface area contributed by atoms with Crippen LogP contribution in [-0.4, -0.2) is 23.7 Å². The lowest BCUT2D eigenvalue weighted by molar-refractivity contribution is -0.136. The van der Waals surface area contributed by atoms with Gasteiger partial charge in [-0.15, -0.1) is 0 Å². The van der Waals surface area contributed by atoms with E-state index in [9.17, 15) is 9.18 Å². The predicted molar refractivity (Wildman–Crippen MR) is 115 cm³/mol. The van der Waals surface area contributed by atoms with Crippen LogP contribution in [0.5, 0.6) is 5.75 Å². The van der Waals surface area contributed by atoms with Crippen LogP contribution < -0.4 is 10.1 Å². The fraction of sp³-hybridized carbons (Fsp3) is 0.480. The molecule has 2 saturated carbocycles. The third kappa shape index (κ3) is 4.84. The van der Waals surface area contributed by atoms with Crippen molar-refractivity contribution in [2.24, 2.45) is 5.41 Å². The van der Waals surface area contributed by atoms with Crippen molar-refractivity contribution in [3.05, 3.63) is 53.8 Å². The Kier molecular flexibility index (Phi) is 6.38. The first-order valence-corrected chi connectivity index (χ1v) is 11.0. The van der Waals surface area contributed by atoms with Gasteiger partial charge in [-0.2, -0.15) is 0 Å². The number of carboxylic acids is 1. The standard InChI is InChI=1S/C25H30FNO3/c26-24-19(16-27-17-23(28)29)4-3-5-22(24)18-6-8-20(9-7-18)30-21-10-14-25(15-11-21)12-1-2-13-25/h3-9,21,27H,1-2,10-17H2,(H,28,29). The van der Waals surface area contributed by atoms with Crippen molar-refractivity contribution in [1.82, 2.24) is 5.32 Å². The van der Waals surface area contributed by atoms with E-state index in [-0.39, 0.29) is 25.0 Å². The fourth-order valence-electron chi connectivity index (χ4n) is 5.10. The number of carbonyl (C=O) groups is 1. The van der Waals surface area contributed by atoms with Gasteiger partial charge >= 0.3 is 5.97 Å². The number of hydrogen-bond donors (Lipinski definition) is 2. The van der Waals surface area contributed by atoms with Crippen LogP contribution in [-0.2, 0) is 11.3 Å². The molecule has 4 rings (SSSR count). The smallest absolute Gasteiger partial charge is 0.317 e. The number of benzene rings is 2. The first-order chi connectivity index (χ1) is 14.5. The van der Waals surface area contributed by atoms with E-state index in [4.69, 9.17) is 9.84 Å². The molecule has 0 saturated heterocycles. The number of halogens is 1. The third-order valence-corrected chi connectivity index (χ3v) is 6.80. The summed E-state index contributed by atoms with van der Waals surface area (Å²) in [6, 6.07) is 12.8. The molecule has 160 valence electrons. The summed E-state index contributed by atoms with van der Waals surface area (Å²) in [5.74, 6) is -0.442. The number of nitrogens with one attached hydrogen (secondary N) is 1. The molecule has 4 nitrogen and oxygen atoms in total. The van der Waals surface area contributed by atoms with Crippen LogP contribution in [0.1, 0.15) is 56.9 Å². The summed E-state index contributed by atoms with van der Waals surface area (Å²) in [6.45, 7) is -0.0195. The van der Waals surface area contributed by atoms with Crippen molar-refractivity contribution in [3.8, 4) is 16.9 Å². The van der Waals surface area contributed by atoms with Gasteiger partial charge in [0.05, 0.1) is 12.6 Å². The van der Waals surface area contributed by atoms with Gasteiger partial charge in [-0.25, -0.2) is 4.39 Å². The van der Waals surface area contributed by atoms with Crippen molar-refractivity contribution < 1.29 is 19.0 Å². The molecule has 0 heterocycles. The zero-order valence-corrected chi connectivity index (χ0v) is 17.3.